The minimum Gasteiger partial charge on any atom is -0.469 e. The molecule has 0 aromatic heterocycles. The van der Waals surface area contributed by atoms with Crippen molar-refractivity contribution in [2.45, 2.75) is 13.0 Å². The number of hydrogen-bond donors (Lipinski definition) is 0. The quantitative estimate of drug-likeness (QED) is 0.767. The second kappa shape index (κ2) is 5.08. The SMILES string of the molecule is COC(=O)C(C)C1COC(=O)N1c1ccccc1. The van der Waals surface area contributed by atoms with Gasteiger partial charge in [-0.25, -0.2) is 4.79 Å². The molecule has 1 amide bonds. The number of cyclic esters (lactones) is 1. The third kappa shape index (κ3) is 2.16. The fourth-order valence-electron chi connectivity index (χ4n) is 2.03. The molecule has 1 heterocycles. The molecule has 5 nitrogen and oxygen atoms in total. The van der Waals surface area contributed by atoms with Gasteiger partial charge in [0, 0.05) is 5.69 Å². The molecular weight excluding hydrogens is 234 g/mol. The van der Waals surface area contributed by atoms with Gasteiger partial charge < -0.3 is 9.47 Å². The fraction of sp³-hybridized carbons (Fsp3) is 0.385. The maximum Gasteiger partial charge on any atom is 0.414 e. The first-order valence-corrected chi connectivity index (χ1v) is 5.74. The number of methoxy groups -OCH3 is 1. The monoisotopic (exact) mass is 249 g/mol. The molecule has 0 spiro atoms. The van der Waals surface area contributed by atoms with Gasteiger partial charge in [-0.05, 0) is 19.1 Å². The third-order valence-corrected chi connectivity index (χ3v) is 3.09. The van der Waals surface area contributed by atoms with Crippen LogP contribution in [-0.2, 0) is 14.3 Å². The second-order valence-corrected chi connectivity index (χ2v) is 4.16. The number of hydrogen-bond acceptors (Lipinski definition) is 4. The Bertz CT molecular complexity index is 446. The fourth-order valence-corrected chi connectivity index (χ4v) is 2.03. The van der Waals surface area contributed by atoms with Crippen molar-refractivity contribution < 1.29 is 19.1 Å². The molecule has 0 saturated carbocycles. The molecule has 1 aromatic rings. The molecule has 5 heteroatoms. The predicted molar refractivity (Wildman–Crippen MR) is 65.2 cm³/mol. The topological polar surface area (TPSA) is 55.8 Å². The Morgan fingerprint density at radius 1 is 1.44 bits per heavy atom. The van der Waals surface area contributed by atoms with Gasteiger partial charge in [-0.15, -0.1) is 0 Å². The summed E-state index contributed by atoms with van der Waals surface area (Å²) in [6, 6.07) is 8.82. The molecule has 0 N–H and O–H groups in total. The molecule has 1 fully saturated rings. The molecule has 2 unspecified atom stereocenters. The van der Waals surface area contributed by atoms with Crippen LogP contribution in [0.2, 0.25) is 0 Å². The highest BCUT2D eigenvalue weighted by Gasteiger charge is 2.40. The van der Waals surface area contributed by atoms with Crippen molar-refractivity contribution in [3.8, 4) is 0 Å². The second-order valence-electron chi connectivity index (χ2n) is 4.16. The van der Waals surface area contributed by atoms with Crippen molar-refractivity contribution in [1.29, 1.82) is 0 Å². The molecule has 1 aliphatic rings. The van der Waals surface area contributed by atoms with Gasteiger partial charge in [0.15, 0.2) is 0 Å². The van der Waals surface area contributed by atoms with Crippen LogP contribution in [0.5, 0.6) is 0 Å². The molecule has 1 saturated heterocycles. The zero-order chi connectivity index (χ0) is 13.1. The van der Waals surface area contributed by atoms with Gasteiger partial charge in [0.2, 0.25) is 0 Å². The van der Waals surface area contributed by atoms with Gasteiger partial charge >= 0.3 is 12.1 Å². The highest BCUT2D eigenvalue weighted by Crippen LogP contribution is 2.27. The predicted octanol–water partition coefficient (Wildman–Crippen LogP) is 1.82. The van der Waals surface area contributed by atoms with Crippen LogP contribution < -0.4 is 4.90 Å². The summed E-state index contributed by atoms with van der Waals surface area (Å²) in [5.41, 5.74) is 0.723. The highest BCUT2D eigenvalue weighted by atomic mass is 16.6. The number of rotatable bonds is 3. The Morgan fingerprint density at radius 2 is 2.11 bits per heavy atom. The summed E-state index contributed by atoms with van der Waals surface area (Å²) in [6.45, 7) is 1.93. The maximum atomic E-state index is 11.8. The van der Waals surface area contributed by atoms with Crippen molar-refractivity contribution in [1.82, 2.24) is 0 Å². The Kier molecular flexibility index (Phi) is 3.50. The van der Waals surface area contributed by atoms with Crippen molar-refractivity contribution >= 4 is 17.7 Å². The van der Waals surface area contributed by atoms with E-state index in [1.165, 1.54) is 12.0 Å². The van der Waals surface area contributed by atoms with E-state index in [1.807, 2.05) is 30.3 Å². The molecule has 2 rings (SSSR count). The van der Waals surface area contributed by atoms with Crippen LogP contribution in [0.4, 0.5) is 10.5 Å². The van der Waals surface area contributed by atoms with Gasteiger partial charge in [0.1, 0.15) is 6.61 Å². The molecule has 1 aromatic carbocycles. The lowest BCUT2D eigenvalue weighted by atomic mass is 10.0. The van der Waals surface area contributed by atoms with Crippen LogP contribution in [-0.4, -0.2) is 31.8 Å². The van der Waals surface area contributed by atoms with Crippen LogP contribution in [0.1, 0.15) is 6.92 Å². The summed E-state index contributed by atoms with van der Waals surface area (Å²) >= 11 is 0. The average molecular weight is 249 g/mol. The zero-order valence-electron chi connectivity index (χ0n) is 10.3. The molecule has 0 bridgehead atoms. The largest absolute Gasteiger partial charge is 0.469 e. The first-order valence-electron chi connectivity index (χ1n) is 5.74. The normalized spacial score (nSPS) is 20.4. The summed E-state index contributed by atoms with van der Waals surface area (Å²) in [6.07, 6.45) is -0.429. The summed E-state index contributed by atoms with van der Waals surface area (Å²) in [5.74, 6) is -0.777. The lowest BCUT2D eigenvalue weighted by Crippen LogP contribution is -2.41. The maximum absolute atomic E-state index is 11.8. The third-order valence-electron chi connectivity index (χ3n) is 3.09. The van der Waals surface area contributed by atoms with Crippen LogP contribution >= 0.6 is 0 Å². The average Bonchev–Trinajstić information content (AvgIpc) is 2.79. The van der Waals surface area contributed by atoms with Crippen molar-refractivity contribution in [2.75, 3.05) is 18.6 Å². The number of amides is 1. The summed E-state index contributed by atoms with van der Waals surface area (Å²) in [5, 5.41) is 0. The van der Waals surface area contributed by atoms with Crippen LogP contribution in [0.15, 0.2) is 30.3 Å². The number of para-hydroxylation sites is 1. The number of nitrogens with zero attached hydrogens (tertiary/aromatic N) is 1. The van der Waals surface area contributed by atoms with E-state index in [1.54, 1.807) is 6.92 Å². The molecular formula is C13H15NO4. The lowest BCUT2D eigenvalue weighted by Gasteiger charge is -2.24. The number of benzene rings is 1. The van der Waals surface area contributed by atoms with Crippen molar-refractivity contribution in [3.05, 3.63) is 30.3 Å². The number of anilines is 1. The number of carbonyl (C=O) groups is 2. The van der Waals surface area contributed by atoms with Gasteiger partial charge in [-0.3, -0.25) is 9.69 Å². The van der Waals surface area contributed by atoms with E-state index in [-0.39, 0.29) is 18.6 Å². The van der Waals surface area contributed by atoms with Gasteiger partial charge in [-0.1, -0.05) is 18.2 Å². The standard InChI is InChI=1S/C13H15NO4/c1-9(12(15)17-2)11-8-18-13(16)14(11)10-6-4-3-5-7-10/h3-7,9,11H,8H2,1-2H3. The van der Waals surface area contributed by atoms with E-state index < -0.39 is 12.0 Å². The summed E-state index contributed by atoms with van der Waals surface area (Å²) < 4.78 is 9.74. The lowest BCUT2D eigenvalue weighted by molar-refractivity contribution is -0.145. The molecule has 18 heavy (non-hydrogen) atoms. The van der Waals surface area contributed by atoms with E-state index in [0.717, 1.165) is 5.69 Å². The van der Waals surface area contributed by atoms with E-state index >= 15 is 0 Å². The Morgan fingerprint density at radius 3 is 2.72 bits per heavy atom. The minimum atomic E-state index is -0.429. The first-order chi connectivity index (χ1) is 8.65. The number of ether oxygens (including phenoxy) is 2. The van der Waals surface area contributed by atoms with Crippen LogP contribution in [0, 0.1) is 5.92 Å². The Hall–Kier alpha value is -2.04. The van der Waals surface area contributed by atoms with Gasteiger partial charge in [-0.2, -0.15) is 0 Å². The molecule has 1 aliphatic heterocycles. The molecule has 0 radical (unpaired) electrons. The van der Waals surface area contributed by atoms with Gasteiger partial charge in [0.05, 0.1) is 19.1 Å². The number of carbonyl (C=O) groups excluding carboxylic acids is 2. The van der Waals surface area contributed by atoms with Crippen molar-refractivity contribution in [3.63, 3.8) is 0 Å². The smallest absolute Gasteiger partial charge is 0.414 e. The summed E-state index contributed by atoms with van der Waals surface area (Å²) in [4.78, 5) is 24.8. The van der Waals surface area contributed by atoms with E-state index in [4.69, 9.17) is 9.47 Å². The van der Waals surface area contributed by atoms with Crippen LogP contribution in [0.25, 0.3) is 0 Å². The molecule has 0 aliphatic carbocycles. The minimum absolute atomic E-state index is 0.198. The van der Waals surface area contributed by atoms with Gasteiger partial charge in [0.25, 0.3) is 0 Å². The van der Waals surface area contributed by atoms with E-state index in [2.05, 4.69) is 0 Å². The molecule has 96 valence electrons. The molecule has 2 atom stereocenters. The summed E-state index contributed by atoms with van der Waals surface area (Å²) in [7, 11) is 1.34. The Balaban J connectivity index is 2.26. The van der Waals surface area contributed by atoms with Crippen LogP contribution in [0.3, 0.4) is 0 Å². The van der Waals surface area contributed by atoms with Crippen molar-refractivity contribution in [2.24, 2.45) is 5.92 Å². The zero-order valence-corrected chi connectivity index (χ0v) is 10.3. The highest BCUT2D eigenvalue weighted by molar-refractivity contribution is 5.91. The Labute approximate surface area is 105 Å². The number of esters is 1. The first kappa shape index (κ1) is 12.4. The van der Waals surface area contributed by atoms with E-state index in [0.29, 0.717) is 0 Å². The van der Waals surface area contributed by atoms with E-state index in [9.17, 15) is 9.59 Å².